The Morgan fingerprint density at radius 1 is 1.05 bits per heavy atom. The summed E-state index contributed by atoms with van der Waals surface area (Å²) in [7, 11) is 2.21. The molecule has 0 spiro atoms. The molecule has 0 radical (unpaired) electrons. The van der Waals surface area contributed by atoms with Gasteiger partial charge in [-0.3, -0.25) is 0 Å². The number of anilines is 1. The fourth-order valence-corrected chi connectivity index (χ4v) is 3.49. The van der Waals surface area contributed by atoms with Gasteiger partial charge in [0.05, 0.1) is 6.04 Å². The van der Waals surface area contributed by atoms with Gasteiger partial charge in [0.1, 0.15) is 5.82 Å². The smallest absolute Gasteiger partial charge is 0.132 e. The van der Waals surface area contributed by atoms with Gasteiger partial charge in [-0.25, -0.2) is 4.98 Å². The van der Waals surface area contributed by atoms with Gasteiger partial charge in [0, 0.05) is 32.3 Å². The van der Waals surface area contributed by atoms with E-state index in [9.17, 15) is 0 Å². The predicted octanol–water partition coefficient (Wildman–Crippen LogP) is 2.90. The predicted molar refractivity (Wildman–Crippen MR) is 88.3 cm³/mol. The second-order valence-corrected chi connectivity index (χ2v) is 5.83. The summed E-state index contributed by atoms with van der Waals surface area (Å²) in [5.41, 5.74) is 4.27. The molecule has 2 aromatic rings. The van der Waals surface area contributed by atoms with Gasteiger partial charge in [0.2, 0.25) is 0 Å². The van der Waals surface area contributed by atoms with Crippen molar-refractivity contribution in [3.8, 4) is 0 Å². The van der Waals surface area contributed by atoms with Crippen molar-refractivity contribution in [1.82, 2.24) is 9.88 Å². The summed E-state index contributed by atoms with van der Waals surface area (Å²) >= 11 is 0. The minimum absolute atomic E-state index is 0. The normalized spacial score (nSPS) is 20.6. The summed E-state index contributed by atoms with van der Waals surface area (Å²) in [4.78, 5) is 9.60. The van der Waals surface area contributed by atoms with Crippen molar-refractivity contribution in [1.29, 1.82) is 0 Å². The maximum atomic E-state index is 4.68. The van der Waals surface area contributed by atoms with Gasteiger partial charge in [0.15, 0.2) is 0 Å². The Labute approximate surface area is 132 Å². The van der Waals surface area contributed by atoms with Crippen LogP contribution in [0.1, 0.15) is 22.7 Å². The number of rotatable bonds is 0. The van der Waals surface area contributed by atoms with E-state index < -0.39 is 0 Å². The van der Waals surface area contributed by atoms with Crippen LogP contribution in [0.25, 0.3) is 0 Å². The molecule has 4 rings (SSSR count). The molecule has 2 aliphatic rings. The molecule has 0 unspecified atom stereocenters. The van der Waals surface area contributed by atoms with Gasteiger partial charge in [-0.15, -0.1) is 12.4 Å². The number of aromatic nitrogens is 1. The number of likely N-dealkylation sites (N-methyl/N-ethyl adjacent to an activating group) is 1. The van der Waals surface area contributed by atoms with Gasteiger partial charge in [-0.2, -0.15) is 0 Å². The van der Waals surface area contributed by atoms with E-state index in [0.29, 0.717) is 6.04 Å². The number of fused-ring (bicyclic) bond motifs is 5. The summed E-state index contributed by atoms with van der Waals surface area (Å²) in [5, 5.41) is 0. The van der Waals surface area contributed by atoms with Crippen LogP contribution in [0.3, 0.4) is 0 Å². The summed E-state index contributed by atoms with van der Waals surface area (Å²) in [6, 6.07) is 13.6. The highest BCUT2D eigenvalue weighted by Crippen LogP contribution is 2.37. The van der Waals surface area contributed by atoms with E-state index in [4.69, 9.17) is 0 Å². The van der Waals surface area contributed by atoms with Crippen molar-refractivity contribution >= 4 is 18.2 Å². The van der Waals surface area contributed by atoms with Gasteiger partial charge in [-0.05, 0) is 29.8 Å². The highest BCUT2D eigenvalue weighted by Gasteiger charge is 2.32. The number of piperazine rings is 1. The van der Waals surface area contributed by atoms with Crippen molar-refractivity contribution in [3.05, 3.63) is 59.3 Å². The lowest BCUT2D eigenvalue weighted by Gasteiger charge is -2.41. The van der Waals surface area contributed by atoms with Crippen molar-refractivity contribution in [2.45, 2.75) is 12.5 Å². The molecule has 0 bridgehead atoms. The van der Waals surface area contributed by atoms with Gasteiger partial charge < -0.3 is 9.80 Å². The van der Waals surface area contributed by atoms with E-state index >= 15 is 0 Å². The highest BCUT2D eigenvalue weighted by atomic mass is 35.5. The molecule has 0 amide bonds. The first-order valence-electron chi connectivity index (χ1n) is 7.30. The zero-order chi connectivity index (χ0) is 13.5. The fourth-order valence-electron chi connectivity index (χ4n) is 3.49. The topological polar surface area (TPSA) is 19.4 Å². The number of pyridine rings is 1. The van der Waals surface area contributed by atoms with Crippen molar-refractivity contribution in [2.75, 3.05) is 31.6 Å². The molecule has 3 heterocycles. The first-order chi connectivity index (χ1) is 9.83. The Balaban J connectivity index is 0.00000132. The molecule has 1 aromatic heterocycles. The zero-order valence-electron chi connectivity index (χ0n) is 12.2. The second-order valence-electron chi connectivity index (χ2n) is 5.83. The molecule has 0 N–H and O–H groups in total. The molecule has 110 valence electrons. The van der Waals surface area contributed by atoms with Crippen LogP contribution in [0.15, 0.2) is 42.6 Å². The van der Waals surface area contributed by atoms with Crippen LogP contribution in [0.2, 0.25) is 0 Å². The lowest BCUT2D eigenvalue weighted by molar-refractivity contribution is 0.268. The summed E-state index contributed by atoms with van der Waals surface area (Å²) < 4.78 is 0. The monoisotopic (exact) mass is 301 g/mol. The highest BCUT2D eigenvalue weighted by molar-refractivity contribution is 5.85. The summed E-state index contributed by atoms with van der Waals surface area (Å²) in [6.45, 7) is 3.24. The molecular formula is C17H20ClN3. The lowest BCUT2D eigenvalue weighted by Crippen LogP contribution is -2.47. The molecule has 0 aliphatic carbocycles. The van der Waals surface area contributed by atoms with E-state index in [1.54, 1.807) is 0 Å². The van der Waals surface area contributed by atoms with Crippen LogP contribution in [0, 0.1) is 0 Å². The molecule has 1 fully saturated rings. The third kappa shape index (κ3) is 2.41. The summed E-state index contributed by atoms with van der Waals surface area (Å²) in [6.07, 6.45) is 2.92. The average Bonchev–Trinajstić information content (AvgIpc) is 2.61. The first-order valence-corrected chi connectivity index (χ1v) is 7.30. The Morgan fingerprint density at radius 2 is 1.86 bits per heavy atom. The molecule has 21 heavy (non-hydrogen) atoms. The molecule has 4 heteroatoms. The van der Waals surface area contributed by atoms with E-state index in [1.807, 2.05) is 6.20 Å². The minimum Gasteiger partial charge on any atom is -0.347 e. The number of benzene rings is 1. The maximum Gasteiger partial charge on any atom is 0.132 e. The van der Waals surface area contributed by atoms with Crippen LogP contribution < -0.4 is 4.90 Å². The van der Waals surface area contributed by atoms with Gasteiger partial charge in [0.25, 0.3) is 0 Å². The molecule has 2 aliphatic heterocycles. The van der Waals surface area contributed by atoms with Crippen LogP contribution in [0.5, 0.6) is 0 Å². The Bertz CT molecular complexity index is 643. The lowest BCUT2D eigenvalue weighted by atomic mass is 9.96. The number of nitrogens with zero attached hydrogens (tertiary/aromatic N) is 3. The second kappa shape index (κ2) is 5.66. The average molecular weight is 302 g/mol. The molecule has 1 atom stereocenters. The molecular weight excluding hydrogens is 282 g/mol. The summed E-state index contributed by atoms with van der Waals surface area (Å²) in [5.74, 6) is 1.18. The number of hydrogen-bond acceptors (Lipinski definition) is 3. The minimum atomic E-state index is 0. The van der Waals surface area contributed by atoms with Crippen molar-refractivity contribution < 1.29 is 0 Å². The first kappa shape index (κ1) is 14.4. The third-order valence-corrected chi connectivity index (χ3v) is 4.52. The van der Waals surface area contributed by atoms with E-state index in [-0.39, 0.29) is 12.4 Å². The Morgan fingerprint density at radius 3 is 2.76 bits per heavy atom. The quantitative estimate of drug-likeness (QED) is 0.746. The Kier molecular flexibility index (Phi) is 3.87. The maximum absolute atomic E-state index is 4.68. The van der Waals surface area contributed by atoms with E-state index in [0.717, 1.165) is 26.1 Å². The largest absolute Gasteiger partial charge is 0.347 e. The van der Waals surface area contributed by atoms with Crippen LogP contribution in [-0.2, 0) is 6.42 Å². The van der Waals surface area contributed by atoms with Crippen LogP contribution >= 0.6 is 12.4 Å². The van der Waals surface area contributed by atoms with Gasteiger partial charge in [-0.1, -0.05) is 30.3 Å². The van der Waals surface area contributed by atoms with Crippen molar-refractivity contribution in [2.24, 2.45) is 0 Å². The van der Waals surface area contributed by atoms with Crippen LogP contribution in [0.4, 0.5) is 5.82 Å². The molecule has 1 aromatic carbocycles. The van der Waals surface area contributed by atoms with Crippen molar-refractivity contribution in [3.63, 3.8) is 0 Å². The number of hydrogen-bond donors (Lipinski definition) is 0. The third-order valence-electron chi connectivity index (χ3n) is 4.52. The van der Waals surface area contributed by atoms with E-state index in [1.165, 1.54) is 22.5 Å². The molecule has 3 nitrogen and oxygen atoms in total. The zero-order valence-corrected chi connectivity index (χ0v) is 13.0. The fraction of sp³-hybridized carbons (Fsp3) is 0.353. The van der Waals surface area contributed by atoms with E-state index in [2.05, 4.69) is 58.2 Å². The SMILES string of the molecule is CN1CCN2c3ncccc3Cc3ccccc3[C@@H]2C1.Cl. The molecule has 1 saturated heterocycles. The Hall–Kier alpha value is -1.58. The van der Waals surface area contributed by atoms with Gasteiger partial charge >= 0.3 is 0 Å². The van der Waals surface area contributed by atoms with Crippen LogP contribution in [-0.4, -0.2) is 36.6 Å². The molecule has 0 saturated carbocycles. The standard InChI is InChI=1S/C17H19N3.ClH/c1-19-9-10-20-16(12-19)15-7-3-2-5-13(15)11-14-6-4-8-18-17(14)20;/h2-8,16H,9-12H2,1H3;1H/t16-;/m0./s1. The number of halogens is 1.